The van der Waals surface area contributed by atoms with E-state index in [1.54, 1.807) is 12.3 Å². The van der Waals surface area contributed by atoms with Crippen molar-refractivity contribution in [1.82, 2.24) is 14.5 Å². The fourth-order valence-corrected chi connectivity index (χ4v) is 4.67. The molecule has 1 fully saturated rings. The minimum Gasteiger partial charge on any atom is -0.324 e. The quantitative estimate of drug-likeness (QED) is 0.732. The SMILES string of the molecule is O=C(Nc1ccccc1)N1CC2CC(C1)c1c(-c3cccnc3)ccc(=O)n1C2. The maximum absolute atomic E-state index is 12.9. The molecule has 146 valence electrons. The van der Waals surface area contributed by atoms with E-state index in [4.69, 9.17) is 0 Å². The van der Waals surface area contributed by atoms with Gasteiger partial charge >= 0.3 is 6.03 Å². The molecule has 2 bridgehead atoms. The van der Waals surface area contributed by atoms with E-state index in [1.165, 1.54) is 0 Å². The van der Waals surface area contributed by atoms with Crippen LogP contribution in [0.4, 0.5) is 10.5 Å². The van der Waals surface area contributed by atoms with Gasteiger partial charge in [-0.15, -0.1) is 0 Å². The number of urea groups is 1. The van der Waals surface area contributed by atoms with Crippen molar-refractivity contribution in [1.29, 1.82) is 0 Å². The molecule has 2 aromatic heterocycles. The van der Waals surface area contributed by atoms with E-state index in [0.29, 0.717) is 19.6 Å². The molecule has 5 rings (SSSR count). The Kier molecular flexibility index (Phi) is 4.39. The molecule has 0 saturated carbocycles. The number of amides is 2. The largest absolute Gasteiger partial charge is 0.324 e. The minimum absolute atomic E-state index is 0.0320. The number of fused-ring (bicyclic) bond motifs is 4. The van der Waals surface area contributed by atoms with Crippen LogP contribution in [-0.2, 0) is 6.54 Å². The number of benzene rings is 1. The smallest absolute Gasteiger partial charge is 0.321 e. The van der Waals surface area contributed by atoms with Crippen molar-refractivity contribution < 1.29 is 4.79 Å². The van der Waals surface area contributed by atoms with Gasteiger partial charge in [-0.25, -0.2) is 4.79 Å². The van der Waals surface area contributed by atoms with Crippen LogP contribution in [0.1, 0.15) is 18.0 Å². The zero-order valence-electron chi connectivity index (χ0n) is 16.0. The van der Waals surface area contributed by atoms with Crippen molar-refractivity contribution in [3.63, 3.8) is 0 Å². The van der Waals surface area contributed by atoms with Crippen LogP contribution in [0, 0.1) is 5.92 Å². The zero-order valence-corrected chi connectivity index (χ0v) is 16.0. The molecule has 1 aromatic carbocycles. The number of para-hydroxylation sites is 1. The number of rotatable bonds is 2. The standard InChI is InChI=1S/C23H22N4O2/c28-21-9-8-20(17-5-4-10-24-12-17)22-18-11-16(14-27(21)22)13-26(15-18)23(29)25-19-6-2-1-3-7-19/h1-10,12,16,18H,11,13-15H2,(H,25,29). The summed E-state index contributed by atoms with van der Waals surface area (Å²) in [6.07, 6.45) is 4.57. The van der Waals surface area contributed by atoms with E-state index in [-0.39, 0.29) is 23.4 Å². The third kappa shape index (κ3) is 3.31. The molecule has 3 aromatic rings. The van der Waals surface area contributed by atoms with Crippen molar-refractivity contribution in [2.45, 2.75) is 18.9 Å². The van der Waals surface area contributed by atoms with Gasteiger partial charge in [-0.3, -0.25) is 9.78 Å². The first-order valence-electron chi connectivity index (χ1n) is 9.94. The molecular weight excluding hydrogens is 364 g/mol. The van der Waals surface area contributed by atoms with Gasteiger partial charge in [-0.1, -0.05) is 24.3 Å². The summed E-state index contributed by atoms with van der Waals surface area (Å²) in [4.78, 5) is 31.6. The second-order valence-electron chi connectivity index (χ2n) is 7.82. The molecule has 4 heterocycles. The lowest BCUT2D eigenvalue weighted by molar-refractivity contribution is 0.140. The van der Waals surface area contributed by atoms with Crippen molar-refractivity contribution in [3.05, 3.63) is 83.0 Å². The molecule has 1 saturated heterocycles. The number of piperidine rings is 1. The minimum atomic E-state index is -0.0828. The predicted molar refractivity (Wildman–Crippen MR) is 112 cm³/mol. The molecule has 0 spiro atoms. The molecule has 1 N–H and O–H groups in total. The van der Waals surface area contributed by atoms with Crippen LogP contribution in [-0.4, -0.2) is 33.6 Å². The van der Waals surface area contributed by atoms with Crippen LogP contribution in [0.25, 0.3) is 11.1 Å². The number of carbonyl (C=O) groups excluding carboxylic acids is 1. The van der Waals surface area contributed by atoms with Crippen LogP contribution in [0.5, 0.6) is 0 Å². The first kappa shape index (κ1) is 17.7. The topological polar surface area (TPSA) is 67.2 Å². The number of aromatic nitrogens is 2. The van der Waals surface area contributed by atoms with Crippen molar-refractivity contribution >= 4 is 11.7 Å². The maximum atomic E-state index is 12.9. The number of hydrogen-bond acceptors (Lipinski definition) is 3. The Hall–Kier alpha value is -3.41. The second kappa shape index (κ2) is 7.20. The first-order chi connectivity index (χ1) is 14.2. The van der Waals surface area contributed by atoms with Crippen molar-refractivity contribution in [2.24, 2.45) is 5.92 Å². The van der Waals surface area contributed by atoms with Crippen LogP contribution in [0.15, 0.2) is 71.8 Å². The highest BCUT2D eigenvalue weighted by atomic mass is 16.2. The van der Waals surface area contributed by atoms with Crippen LogP contribution >= 0.6 is 0 Å². The monoisotopic (exact) mass is 386 g/mol. The predicted octanol–water partition coefficient (Wildman–Crippen LogP) is 3.56. The summed E-state index contributed by atoms with van der Waals surface area (Å²) >= 11 is 0. The fraction of sp³-hybridized carbons (Fsp3) is 0.261. The molecule has 2 aliphatic rings. The fourth-order valence-electron chi connectivity index (χ4n) is 4.67. The van der Waals surface area contributed by atoms with Gasteiger partial charge in [0.1, 0.15) is 0 Å². The summed E-state index contributed by atoms with van der Waals surface area (Å²) in [5, 5.41) is 2.99. The molecule has 29 heavy (non-hydrogen) atoms. The van der Waals surface area contributed by atoms with Gasteiger partial charge in [0, 0.05) is 66.5 Å². The molecule has 2 atom stereocenters. The highest BCUT2D eigenvalue weighted by Gasteiger charge is 2.37. The van der Waals surface area contributed by atoms with Gasteiger partial charge in [0.15, 0.2) is 0 Å². The van der Waals surface area contributed by atoms with Crippen LogP contribution < -0.4 is 10.9 Å². The number of anilines is 1. The number of nitrogens with zero attached hydrogens (tertiary/aromatic N) is 3. The van der Waals surface area contributed by atoms with Gasteiger partial charge in [0.25, 0.3) is 5.56 Å². The Morgan fingerprint density at radius 1 is 1.00 bits per heavy atom. The van der Waals surface area contributed by atoms with Crippen molar-refractivity contribution in [3.8, 4) is 11.1 Å². The van der Waals surface area contributed by atoms with E-state index in [9.17, 15) is 9.59 Å². The van der Waals surface area contributed by atoms with Gasteiger partial charge in [-0.05, 0) is 36.6 Å². The maximum Gasteiger partial charge on any atom is 0.321 e. The highest BCUT2D eigenvalue weighted by molar-refractivity contribution is 5.89. The van der Waals surface area contributed by atoms with Crippen molar-refractivity contribution in [2.75, 3.05) is 18.4 Å². The van der Waals surface area contributed by atoms with E-state index in [1.807, 2.05) is 64.2 Å². The number of nitrogens with one attached hydrogen (secondary N) is 1. The lowest BCUT2D eigenvalue weighted by Gasteiger charge is -2.43. The second-order valence-corrected chi connectivity index (χ2v) is 7.82. The van der Waals surface area contributed by atoms with Gasteiger partial charge in [0.05, 0.1) is 0 Å². The number of pyridine rings is 2. The molecule has 2 aliphatic heterocycles. The van der Waals surface area contributed by atoms with Crippen LogP contribution in [0.3, 0.4) is 0 Å². The summed E-state index contributed by atoms with van der Waals surface area (Å²) in [5.41, 5.74) is 3.89. The molecule has 6 heteroatoms. The summed E-state index contributed by atoms with van der Waals surface area (Å²) in [6, 6.07) is 16.9. The normalized spacial score (nSPS) is 20.1. The summed E-state index contributed by atoms with van der Waals surface area (Å²) in [6.45, 7) is 1.91. The summed E-state index contributed by atoms with van der Waals surface area (Å²) in [5.74, 6) is 0.415. The number of hydrogen-bond donors (Lipinski definition) is 1. The average molecular weight is 386 g/mol. The third-order valence-electron chi connectivity index (χ3n) is 5.87. The molecule has 6 nitrogen and oxygen atoms in total. The lowest BCUT2D eigenvalue weighted by Crippen LogP contribution is -2.50. The molecule has 0 aliphatic carbocycles. The summed E-state index contributed by atoms with van der Waals surface area (Å²) < 4.78 is 1.91. The van der Waals surface area contributed by atoms with Gasteiger partial charge in [-0.2, -0.15) is 0 Å². The Labute approximate surface area is 168 Å². The Morgan fingerprint density at radius 2 is 1.86 bits per heavy atom. The molecule has 2 unspecified atom stereocenters. The van der Waals surface area contributed by atoms with E-state index in [0.717, 1.165) is 28.9 Å². The lowest BCUT2D eigenvalue weighted by atomic mass is 9.81. The molecule has 0 radical (unpaired) electrons. The Bertz CT molecular complexity index is 1090. The highest BCUT2D eigenvalue weighted by Crippen LogP contribution is 2.39. The van der Waals surface area contributed by atoms with E-state index >= 15 is 0 Å². The summed E-state index contributed by atoms with van der Waals surface area (Å²) in [7, 11) is 0. The average Bonchev–Trinajstić information content (AvgIpc) is 2.75. The van der Waals surface area contributed by atoms with Crippen LogP contribution in [0.2, 0.25) is 0 Å². The van der Waals surface area contributed by atoms with Gasteiger partial charge in [0.2, 0.25) is 0 Å². The first-order valence-corrected chi connectivity index (χ1v) is 9.94. The molecular formula is C23H22N4O2. The van der Waals surface area contributed by atoms with E-state index < -0.39 is 0 Å². The number of carbonyl (C=O) groups is 1. The third-order valence-corrected chi connectivity index (χ3v) is 5.87. The molecule has 2 amide bonds. The van der Waals surface area contributed by atoms with E-state index in [2.05, 4.69) is 10.3 Å². The Balaban J connectivity index is 1.47. The zero-order chi connectivity index (χ0) is 19.8. The Morgan fingerprint density at radius 3 is 2.66 bits per heavy atom. The van der Waals surface area contributed by atoms with Gasteiger partial charge < -0.3 is 14.8 Å². The number of likely N-dealkylation sites (tertiary alicyclic amines) is 1.